The summed E-state index contributed by atoms with van der Waals surface area (Å²) < 4.78 is 24.5. The van der Waals surface area contributed by atoms with Gasteiger partial charge in [-0.2, -0.15) is 0 Å². The molecule has 1 aromatic carbocycles. The molecule has 0 unspecified atom stereocenters. The number of hydrogen-bond acceptors (Lipinski definition) is 6. The summed E-state index contributed by atoms with van der Waals surface area (Å²) in [5.74, 6) is 1.27. The van der Waals surface area contributed by atoms with E-state index in [9.17, 15) is 9.18 Å². The maximum absolute atomic E-state index is 13.0. The number of aromatic nitrogens is 2. The molecule has 158 valence electrons. The zero-order chi connectivity index (χ0) is 20.5. The molecule has 0 N–H and O–H groups in total. The average Bonchev–Trinajstić information content (AvgIpc) is 3.53. The first-order valence-corrected chi connectivity index (χ1v) is 10.5. The number of halogens is 1. The van der Waals surface area contributed by atoms with E-state index in [4.69, 9.17) is 9.47 Å². The second-order valence-corrected chi connectivity index (χ2v) is 8.26. The average molecular weight is 412 g/mol. The number of amides is 1. The molecular weight excluding hydrogens is 387 g/mol. The molecule has 1 amide bonds. The third-order valence-corrected chi connectivity index (χ3v) is 6.04. The Bertz CT molecular complexity index is 888. The van der Waals surface area contributed by atoms with Crippen LogP contribution >= 0.6 is 0 Å². The van der Waals surface area contributed by atoms with Crippen molar-refractivity contribution >= 4 is 5.91 Å². The predicted octanol–water partition coefficient (Wildman–Crippen LogP) is 2.24. The van der Waals surface area contributed by atoms with Crippen molar-refractivity contribution in [1.29, 1.82) is 0 Å². The van der Waals surface area contributed by atoms with Crippen LogP contribution in [0.5, 0.6) is 11.6 Å². The third-order valence-electron chi connectivity index (χ3n) is 6.04. The summed E-state index contributed by atoms with van der Waals surface area (Å²) in [6.07, 6.45) is 6.89. The van der Waals surface area contributed by atoms with Gasteiger partial charge in [0, 0.05) is 44.6 Å². The Hall–Kier alpha value is -2.74. The molecular formula is C22H25FN4O3. The highest BCUT2D eigenvalue weighted by atomic mass is 19.1. The summed E-state index contributed by atoms with van der Waals surface area (Å²) in [5, 5.41) is 0. The molecule has 2 saturated heterocycles. The van der Waals surface area contributed by atoms with Crippen LogP contribution in [0, 0.1) is 5.82 Å². The number of rotatable bonds is 6. The number of hydrogen-bond donors (Lipinski definition) is 0. The summed E-state index contributed by atoms with van der Waals surface area (Å²) >= 11 is 0. The molecule has 0 spiro atoms. The van der Waals surface area contributed by atoms with Crippen LogP contribution in [0.25, 0.3) is 0 Å². The summed E-state index contributed by atoms with van der Waals surface area (Å²) in [4.78, 5) is 25.7. The molecule has 3 aliphatic rings. The van der Waals surface area contributed by atoms with E-state index in [1.807, 2.05) is 11.1 Å². The van der Waals surface area contributed by atoms with E-state index in [1.54, 1.807) is 6.20 Å². The van der Waals surface area contributed by atoms with Crippen molar-refractivity contribution in [2.75, 3.05) is 32.8 Å². The second-order valence-electron chi connectivity index (χ2n) is 8.26. The molecule has 3 heterocycles. The highest BCUT2D eigenvalue weighted by Gasteiger charge is 2.38. The van der Waals surface area contributed by atoms with Crippen LogP contribution in [0.2, 0.25) is 0 Å². The van der Waals surface area contributed by atoms with Gasteiger partial charge >= 0.3 is 0 Å². The lowest BCUT2D eigenvalue weighted by molar-refractivity contribution is -0.135. The molecule has 1 aromatic heterocycles. The summed E-state index contributed by atoms with van der Waals surface area (Å²) in [6, 6.07) is 5.97. The number of carbonyl (C=O) groups is 1. The van der Waals surface area contributed by atoms with Crippen LogP contribution in [-0.4, -0.2) is 70.6 Å². The number of benzene rings is 1. The minimum Gasteiger partial charge on any atom is -0.484 e. The Morgan fingerprint density at radius 1 is 1.10 bits per heavy atom. The van der Waals surface area contributed by atoms with Gasteiger partial charge in [0.05, 0.1) is 18.1 Å². The van der Waals surface area contributed by atoms with Crippen molar-refractivity contribution in [2.45, 2.75) is 37.3 Å². The monoisotopic (exact) mass is 412 g/mol. The molecule has 3 fully saturated rings. The van der Waals surface area contributed by atoms with E-state index in [-0.39, 0.29) is 30.5 Å². The predicted molar refractivity (Wildman–Crippen MR) is 107 cm³/mol. The van der Waals surface area contributed by atoms with Crippen molar-refractivity contribution in [2.24, 2.45) is 0 Å². The first-order valence-electron chi connectivity index (χ1n) is 10.5. The van der Waals surface area contributed by atoms with Gasteiger partial charge in [-0.05, 0) is 37.1 Å². The molecule has 0 radical (unpaired) electrons. The van der Waals surface area contributed by atoms with Crippen molar-refractivity contribution in [3.63, 3.8) is 0 Å². The highest BCUT2D eigenvalue weighted by Crippen LogP contribution is 2.38. The van der Waals surface area contributed by atoms with E-state index in [0.717, 1.165) is 25.2 Å². The van der Waals surface area contributed by atoms with E-state index >= 15 is 0 Å². The zero-order valence-electron chi connectivity index (χ0n) is 16.7. The van der Waals surface area contributed by atoms with Crippen LogP contribution in [0.1, 0.15) is 30.9 Å². The molecule has 2 aromatic rings. The van der Waals surface area contributed by atoms with Gasteiger partial charge in [0.2, 0.25) is 5.88 Å². The van der Waals surface area contributed by atoms with E-state index < -0.39 is 0 Å². The van der Waals surface area contributed by atoms with Crippen LogP contribution in [0.15, 0.2) is 36.7 Å². The Balaban J connectivity index is 1.11. The lowest BCUT2D eigenvalue weighted by Crippen LogP contribution is -2.53. The molecule has 30 heavy (non-hydrogen) atoms. The molecule has 0 bridgehead atoms. The summed E-state index contributed by atoms with van der Waals surface area (Å²) in [7, 11) is 0. The van der Waals surface area contributed by atoms with Crippen LogP contribution in [0.3, 0.4) is 0 Å². The van der Waals surface area contributed by atoms with Crippen LogP contribution in [-0.2, 0) is 4.79 Å². The van der Waals surface area contributed by atoms with E-state index in [2.05, 4.69) is 14.9 Å². The second kappa shape index (κ2) is 8.18. The smallest absolute Gasteiger partial charge is 0.260 e. The molecule has 1 saturated carbocycles. The van der Waals surface area contributed by atoms with Gasteiger partial charge in [0.25, 0.3) is 5.91 Å². The SMILES string of the molecule is O=C(COc1ccc(F)cc1)N1CCN2C[C@H](Oc3cnc(C4CC4)cn3)C[C@H]2C1. The first-order chi connectivity index (χ1) is 14.6. The van der Waals surface area contributed by atoms with Gasteiger partial charge in [-0.3, -0.25) is 14.7 Å². The fourth-order valence-corrected chi connectivity index (χ4v) is 4.22. The zero-order valence-corrected chi connectivity index (χ0v) is 16.7. The third kappa shape index (κ3) is 4.38. The number of ether oxygens (including phenoxy) is 2. The maximum atomic E-state index is 13.0. The largest absolute Gasteiger partial charge is 0.484 e. The molecule has 1 aliphatic carbocycles. The Labute approximate surface area is 174 Å². The highest BCUT2D eigenvalue weighted by molar-refractivity contribution is 5.78. The fourth-order valence-electron chi connectivity index (χ4n) is 4.22. The van der Waals surface area contributed by atoms with Gasteiger partial charge in [-0.25, -0.2) is 9.37 Å². The van der Waals surface area contributed by atoms with Gasteiger partial charge in [-0.15, -0.1) is 0 Å². The van der Waals surface area contributed by atoms with Crippen molar-refractivity contribution in [3.8, 4) is 11.6 Å². The molecule has 7 nitrogen and oxygen atoms in total. The standard InChI is InChI=1S/C22H25FN4O3/c23-16-3-5-18(6-4-16)29-14-22(28)27-8-7-26-13-19(9-17(26)12-27)30-21-11-24-20(10-25-21)15-1-2-15/h3-6,10-11,15,17,19H,1-2,7-9,12-14H2/t17-,19+/m0/s1. The lowest BCUT2D eigenvalue weighted by Gasteiger charge is -2.37. The minimum absolute atomic E-state index is 0.0405. The molecule has 5 rings (SSSR count). The van der Waals surface area contributed by atoms with Gasteiger partial charge in [0.1, 0.15) is 17.7 Å². The lowest BCUT2D eigenvalue weighted by atomic mass is 10.1. The molecule has 2 atom stereocenters. The van der Waals surface area contributed by atoms with Crippen molar-refractivity contribution < 1.29 is 18.7 Å². The van der Waals surface area contributed by atoms with Crippen molar-refractivity contribution in [3.05, 3.63) is 48.2 Å². The maximum Gasteiger partial charge on any atom is 0.260 e. The quantitative estimate of drug-likeness (QED) is 0.725. The first kappa shape index (κ1) is 19.2. The normalized spacial score (nSPS) is 23.8. The molecule has 8 heteroatoms. The Kier molecular flexibility index (Phi) is 5.25. The number of nitrogens with zero attached hydrogens (tertiary/aromatic N) is 4. The van der Waals surface area contributed by atoms with Gasteiger partial charge < -0.3 is 14.4 Å². The summed E-state index contributed by atoms with van der Waals surface area (Å²) in [5.41, 5.74) is 1.06. The van der Waals surface area contributed by atoms with Gasteiger partial charge in [0.15, 0.2) is 6.61 Å². The minimum atomic E-state index is -0.326. The van der Waals surface area contributed by atoms with E-state index in [1.165, 1.54) is 37.1 Å². The Morgan fingerprint density at radius 3 is 2.67 bits per heavy atom. The fraction of sp³-hybridized carbons (Fsp3) is 0.500. The van der Waals surface area contributed by atoms with Gasteiger partial charge in [-0.1, -0.05) is 0 Å². The number of fused-ring (bicyclic) bond motifs is 1. The number of piperazine rings is 1. The topological polar surface area (TPSA) is 67.8 Å². The van der Waals surface area contributed by atoms with E-state index in [0.29, 0.717) is 30.6 Å². The van der Waals surface area contributed by atoms with Crippen LogP contribution in [0.4, 0.5) is 4.39 Å². The number of carbonyl (C=O) groups excluding carboxylic acids is 1. The van der Waals surface area contributed by atoms with Crippen molar-refractivity contribution in [1.82, 2.24) is 19.8 Å². The summed E-state index contributed by atoms with van der Waals surface area (Å²) in [6.45, 7) is 2.95. The Morgan fingerprint density at radius 2 is 1.93 bits per heavy atom. The van der Waals surface area contributed by atoms with Crippen LogP contribution < -0.4 is 9.47 Å². The molecule has 2 aliphatic heterocycles.